The Morgan fingerprint density at radius 1 is 1.12 bits per heavy atom. The lowest BCUT2D eigenvalue weighted by atomic mass is 10.2. The maximum Gasteiger partial charge on any atom is 0.322 e. The van der Waals surface area contributed by atoms with Crippen LogP contribution in [0.5, 0.6) is 0 Å². The van der Waals surface area contributed by atoms with Crippen molar-refractivity contribution in [2.75, 3.05) is 5.32 Å². The molecule has 8 heteroatoms. The SMILES string of the molecule is O=C(C=Cc1cccc([N+](=O)[O-])c1)Nc1nnc(-c2ccccc2)o1. The van der Waals surface area contributed by atoms with Gasteiger partial charge in [-0.05, 0) is 23.8 Å². The van der Waals surface area contributed by atoms with Gasteiger partial charge in [0.25, 0.3) is 11.6 Å². The molecule has 0 spiro atoms. The van der Waals surface area contributed by atoms with Crippen LogP contribution in [0.1, 0.15) is 5.56 Å². The number of carbonyl (C=O) groups excluding carboxylic acids is 1. The van der Waals surface area contributed by atoms with E-state index in [4.69, 9.17) is 4.42 Å². The van der Waals surface area contributed by atoms with Crippen molar-refractivity contribution in [3.63, 3.8) is 0 Å². The summed E-state index contributed by atoms with van der Waals surface area (Å²) in [5.74, 6) is -0.201. The Morgan fingerprint density at radius 3 is 2.68 bits per heavy atom. The highest BCUT2D eigenvalue weighted by Gasteiger charge is 2.09. The van der Waals surface area contributed by atoms with Gasteiger partial charge in [0.1, 0.15) is 0 Å². The summed E-state index contributed by atoms with van der Waals surface area (Å²) >= 11 is 0. The van der Waals surface area contributed by atoms with Crippen LogP contribution in [0.15, 0.2) is 65.1 Å². The number of non-ortho nitro benzene ring substituents is 1. The number of anilines is 1. The van der Waals surface area contributed by atoms with Crippen LogP contribution >= 0.6 is 0 Å². The zero-order chi connectivity index (χ0) is 17.6. The molecule has 0 atom stereocenters. The quantitative estimate of drug-likeness (QED) is 0.435. The fraction of sp³-hybridized carbons (Fsp3) is 0. The van der Waals surface area contributed by atoms with Gasteiger partial charge >= 0.3 is 6.01 Å². The van der Waals surface area contributed by atoms with Gasteiger partial charge in [-0.15, -0.1) is 5.10 Å². The molecule has 0 saturated carbocycles. The number of amides is 1. The molecule has 124 valence electrons. The van der Waals surface area contributed by atoms with E-state index < -0.39 is 10.8 Å². The first kappa shape index (κ1) is 16.1. The summed E-state index contributed by atoms with van der Waals surface area (Å²) in [5.41, 5.74) is 1.22. The molecule has 3 aromatic rings. The molecule has 0 aliphatic heterocycles. The monoisotopic (exact) mass is 336 g/mol. The average Bonchev–Trinajstić information content (AvgIpc) is 3.09. The van der Waals surface area contributed by atoms with Gasteiger partial charge < -0.3 is 4.42 Å². The van der Waals surface area contributed by atoms with Gasteiger partial charge in [-0.2, -0.15) is 0 Å². The average molecular weight is 336 g/mol. The third-order valence-corrected chi connectivity index (χ3v) is 3.18. The van der Waals surface area contributed by atoms with E-state index in [2.05, 4.69) is 15.5 Å². The lowest BCUT2D eigenvalue weighted by Gasteiger charge is -1.96. The van der Waals surface area contributed by atoms with Crippen LogP contribution < -0.4 is 5.32 Å². The second-order valence-electron chi connectivity index (χ2n) is 4.95. The Balaban J connectivity index is 1.66. The third kappa shape index (κ3) is 4.14. The standard InChI is InChI=1S/C17H12N4O4/c22-15(10-9-12-5-4-8-14(11-12)21(23)24)18-17-20-19-16(25-17)13-6-2-1-3-7-13/h1-11H,(H,18,20,22). The topological polar surface area (TPSA) is 111 Å². The summed E-state index contributed by atoms with van der Waals surface area (Å²) in [7, 11) is 0. The van der Waals surface area contributed by atoms with E-state index in [1.54, 1.807) is 24.3 Å². The molecule has 3 rings (SSSR count). The van der Waals surface area contributed by atoms with Crippen LogP contribution in [0.2, 0.25) is 0 Å². The number of rotatable bonds is 5. The van der Waals surface area contributed by atoms with Gasteiger partial charge in [-0.25, -0.2) is 0 Å². The van der Waals surface area contributed by atoms with Crippen LogP contribution in [-0.4, -0.2) is 21.0 Å². The van der Waals surface area contributed by atoms with E-state index >= 15 is 0 Å². The summed E-state index contributed by atoms with van der Waals surface area (Å²) in [4.78, 5) is 22.1. The first-order valence-electron chi connectivity index (χ1n) is 7.24. The number of nitrogens with zero attached hydrogens (tertiary/aromatic N) is 3. The van der Waals surface area contributed by atoms with Crippen molar-refractivity contribution in [3.05, 3.63) is 76.4 Å². The van der Waals surface area contributed by atoms with Crippen molar-refractivity contribution in [2.45, 2.75) is 0 Å². The van der Waals surface area contributed by atoms with Gasteiger partial charge in [0, 0.05) is 23.8 Å². The molecule has 1 heterocycles. The molecular formula is C17H12N4O4. The van der Waals surface area contributed by atoms with Crippen molar-refractivity contribution in [1.29, 1.82) is 0 Å². The fourth-order valence-electron chi connectivity index (χ4n) is 2.03. The molecule has 0 bridgehead atoms. The lowest BCUT2D eigenvalue weighted by molar-refractivity contribution is -0.384. The Bertz CT molecular complexity index is 935. The highest BCUT2D eigenvalue weighted by Crippen LogP contribution is 2.19. The van der Waals surface area contributed by atoms with Crippen LogP contribution in [0.4, 0.5) is 11.7 Å². The smallest absolute Gasteiger partial charge is 0.322 e. The van der Waals surface area contributed by atoms with Crippen LogP contribution in [0.25, 0.3) is 17.5 Å². The van der Waals surface area contributed by atoms with Crippen molar-refractivity contribution < 1.29 is 14.1 Å². The molecule has 0 fully saturated rings. The molecule has 2 aromatic carbocycles. The van der Waals surface area contributed by atoms with Crippen LogP contribution in [-0.2, 0) is 4.79 Å². The van der Waals surface area contributed by atoms with Crippen molar-refractivity contribution >= 4 is 23.7 Å². The predicted molar refractivity (Wildman–Crippen MR) is 90.5 cm³/mol. The minimum Gasteiger partial charge on any atom is -0.403 e. The molecule has 0 radical (unpaired) electrons. The highest BCUT2D eigenvalue weighted by molar-refractivity contribution is 6.00. The normalized spacial score (nSPS) is 10.7. The lowest BCUT2D eigenvalue weighted by Crippen LogP contribution is -2.07. The maximum absolute atomic E-state index is 11.9. The van der Waals surface area contributed by atoms with Crippen molar-refractivity contribution in [2.24, 2.45) is 0 Å². The number of nitro benzene ring substituents is 1. The molecular weight excluding hydrogens is 324 g/mol. The van der Waals surface area contributed by atoms with Gasteiger partial charge in [0.15, 0.2) is 0 Å². The van der Waals surface area contributed by atoms with Gasteiger partial charge in [-0.1, -0.05) is 35.4 Å². The number of hydrogen-bond donors (Lipinski definition) is 1. The largest absolute Gasteiger partial charge is 0.403 e. The van der Waals surface area contributed by atoms with E-state index in [9.17, 15) is 14.9 Å². The molecule has 0 unspecified atom stereocenters. The molecule has 0 aliphatic carbocycles. The van der Waals surface area contributed by atoms with Gasteiger partial charge in [0.05, 0.1) is 4.92 Å². The first-order chi connectivity index (χ1) is 12.1. The summed E-state index contributed by atoms with van der Waals surface area (Å²) in [6, 6.07) is 15.0. The molecule has 0 aliphatic rings. The molecule has 1 N–H and O–H groups in total. The van der Waals surface area contributed by atoms with E-state index in [1.807, 2.05) is 18.2 Å². The number of nitro groups is 1. The maximum atomic E-state index is 11.9. The number of benzene rings is 2. The van der Waals surface area contributed by atoms with Gasteiger partial charge in [-0.3, -0.25) is 20.2 Å². The van der Waals surface area contributed by atoms with Crippen LogP contribution in [0.3, 0.4) is 0 Å². The fourth-order valence-corrected chi connectivity index (χ4v) is 2.03. The van der Waals surface area contributed by atoms with E-state index in [-0.39, 0.29) is 11.7 Å². The first-order valence-corrected chi connectivity index (χ1v) is 7.24. The molecule has 25 heavy (non-hydrogen) atoms. The minimum absolute atomic E-state index is 0.0347. The van der Waals surface area contributed by atoms with Crippen molar-refractivity contribution in [1.82, 2.24) is 10.2 Å². The minimum atomic E-state index is -0.499. The number of nitrogens with one attached hydrogen (secondary N) is 1. The molecule has 1 amide bonds. The number of hydrogen-bond acceptors (Lipinski definition) is 6. The second-order valence-corrected chi connectivity index (χ2v) is 4.95. The zero-order valence-corrected chi connectivity index (χ0v) is 12.8. The second kappa shape index (κ2) is 7.18. The van der Waals surface area contributed by atoms with E-state index in [0.717, 1.165) is 5.56 Å². The Hall–Kier alpha value is -3.81. The van der Waals surface area contributed by atoms with Crippen LogP contribution in [0, 0.1) is 10.1 Å². The van der Waals surface area contributed by atoms with E-state index in [0.29, 0.717) is 11.5 Å². The Kier molecular flexibility index (Phi) is 4.61. The molecule has 0 saturated heterocycles. The zero-order valence-electron chi connectivity index (χ0n) is 12.8. The highest BCUT2D eigenvalue weighted by atomic mass is 16.6. The molecule has 8 nitrogen and oxygen atoms in total. The third-order valence-electron chi connectivity index (χ3n) is 3.18. The number of aromatic nitrogens is 2. The summed E-state index contributed by atoms with van der Waals surface area (Å²) < 4.78 is 5.37. The van der Waals surface area contributed by atoms with Crippen molar-refractivity contribution in [3.8, 4) is 11.5 Å². The van der Waals surface area contributed by atoms with E-state index in [1.165, 1.54) is 24.3 Å². The summed E-state index contributed by atoms with van der Waals surface area (Å²) in [5, 5.41) is 20.8. The van der Waals surface area contributed by atoms with Gasteiger partial charge in [0.2, 0.25) is 5.89 Å². The predicted octanol–water partition coefficient (Wildman–Crippen LogP) is 3.30. The number of carbonyl (C=O) groups is 1. The summed E-state index contributed by atoms with van der Waals surface area (Å²) in [6.45, 7) is 0. The summed E-state index contributed by atoms with van der Waals surface area (Å²) in [6.07, 6.45) is 2.68. The Morgan fingerprint density at radius 2 is 1.92 bits per heavy atom. The molecule has 1 aromatic heterocycles. The Labute approximate surface area is 142 Å².